The van der Waals surface area contributed by atoms with Gasteiger partial charge >= 0.3 is 0 Å². The molecular weight excluding hydrogens is 326 g/mol. The van der Waals surface area contributed by atoms with Crippen LogP contribution in [0.25, 0.3) is 0 Å². The normalized spacial score (nSPS) is 16.7. The molecule has 0 aliphatic carbocycles. The van der Waals surface area contributed by atoms with Crippen LogP contribution in [0.15, 0.2) is 48.5 Å². The Morgan fingerprint density at radius 1 is 1.15 bits per heavy atom. The summed E-state index contributed by atoms with van der Waals surface area (Å²) in [5.74, 6) is 1.60. The Morgan fingerprint density at radius 2 is 1.88 bits per heavy atom. The van der Waals surface area contributed by atoms with Crippen molar-refractivity contribution in [2.45, 2.75) is 32.3 Å². The summed E-state index contributed by atoms with van der Waals surface area (Å²) in [5, 5.41) is 9.12. The van der Waals surface area contributed by atoms with E-state index in [0.717, 1.165) is 42.8 Å². The van der Waals surface area contributed by atoms with Crippen LogP contribution in [-0.4, -0.2) is 36.1 Å². The summed E-state index contributed by atoms with van der Waals surface area (Å²) < 4.78 is 5.36. The molecule has 0 saturated carbocycles. The van der Waals surface area contributed by atoms with E-state index in [2.05, 4.69) is 12.1 Å². The van der Waals surface area contributed by atoms with E-state index in [9.17, 15) is 4.79 Å². The Hall–Kier alpha value is -2.33. The molecule has 0 unspecified atom stereocenters. The zero-order valence-corrected chi connectivity index (χ0v) is 15.4. The van der Waals surface area contributed by atoms with Crippen LogP contribution in [0.3, 0.4) is 0 Å². The molecule has 138 valence electrons. The zero-order chi connectivity index (χ0) is 18.4. The van der Waals surface area contributed by atoms with Gasteiger partial charge in [-0.3, -0.25) is 4.79 Å². The van der Waals surface area contributed by atoms with Crippen LogP contribution in [0, 0.1) is 5.92 Å². The van der Waals surface area contributed by atoms with Crippen LogP contribution in [0.5, 0.6) is 5.75 Å². The number of benzene rings is 2. The topological polar surface area (TPSA) is 49.8 Å². The van der Waals surface area contributed by atoms with Crippen molar-refractivity contribution in [1.29, 1.82) is 0 Å². The lowest BCUT2D eigenvalue weighted by Crippen LogP contribution is -2.29. The highest BCUT2D eigenvalue weighted by atomic mass is 16.5. The SMILES string of the molecule is COc1ccccc1CCC(=O)N1CC[C@H](Cc2ccc(CO)cc2)C1. The number of likely N-dealkylation sites (tertiary alicyclic amines) is 1. The molecule has 4 heteroatoms. The number of aliphatic hydroxyl groups excluding tert-OH is 1. The van der Waals surface area contributed by atoms with E-state index < -0.39 is 0 Å². The largest absolute Gasteiger partial charge is 0.496 e. The standard InChI is InChI=1S/C22H27NO3/c1-26-21-5-3-2-4-20(21)10-11-22(25)23-13-12-19(15-23)14-17-6-8-18(16-24)9-7-17/h2-9,19,24H,10-16H2,1H3/t19-/m1/s1. The number of hydrogen-bond acceptors (Lipinski definition) is 3. The third-order valence-electron chi connectivity index (χ3n) is 5.17. The summed E-state index contributed by atoms with van der Waals surface area (Å²) in [6.45, 7) is 1.77. The van der Waals surface area contributed by atoms with Gasteiger partial charge in [-0.2, -0.15) is 0 Å². The number of para-hydroxylation sites is 1. The molecular formula is C22H27NO3. The molecule has 1 atom stereocenters. The maximum Gasteiger partial charge on any atom is 0.222 e. The van der Waals surface area contributed by atoms with Crippen molar-refractivity contribution >= 4 is 5.91 Å². The Bertz CT molecular complexity index is 726. The first-order valence-electron chi connectivity index (χ1n) is 9.28. The fourth-order valence-corrected chi connectivity index (χ4v) is 3.65. The number of rotatable bonds is 7. The molecule has 26 heavy (non-hydrogen) atoms. The van der Waals surface area contributed by atoms with Crippen LogP contribution < -0.4 is 4.74 Å². The molecule has 0 spiro atoms. The highest BCUT2D eigenvalue weighted by Crippen LogP contribution is 2.23. The molecule has 4 nitrogen and oxygen atoms in total. The van der Waals surface area contributed by atoms with Crippen LogP contribution in [-0.2, 0) is 24.2 Å². The van der Waals surface area contributed by atoms with Crippen molar-refractivity contribution in [3.8, 4) is 5.75 Å². The molecule has 1 amide bonds. The molecule has 0 bridgehead atoms. The van der Waals surface area contributed by atoms with Gasteiger partial charge in [0.25, 0.3) is 0 Å². The number of hydrogen-bond donors (Lipinski definition) is 1. The lowest BCUT2D eigenvalue weighted by molar-refractivity contribution is -0.130. The van der Waals surface area contributed by atoms with Gasteiger partial charge in [0, 0.05) is 19.5 Å². The quantitative estimate of drug-likeness (QED) is 0.831. The highest BCUT2D eigenvalue weighted by molar-refractivity contribution is 5.76. The maximum absolute atomic E-state index is 12.6. The Balaban J connectivity index is 1.49. The first-order chi connectivity index (χ1) is 12.7. The van der Waals surface area contributed by atoms with Crippen molar-refractivity contribution in [2.75, 3.05) is 20.2 Å². The van der Waals surface area contributed by atoms with Crippen molar-refractivity contribution in [3.05, 3.63) is 65.2 Å². The van der Waals surface area contributed by atoms with E-state index in [-0.39, 0.29) is 12.5 Å². The average Bonchev–Trinajstić information content (AvgIpc) is 3.15. The molecule has 1 fully saturated rings. The number of aliphatic hydroxyl groups is 1. The highest BCUT2D eigenvalue weighted by Gasteiger charge is 2.26. The molecule has 0 radical (unpaired) electrons. The minimum absolute atomic E-state index is 0.0815. The smallest absolute Gasteiger partial charge is 0.222 e. The number of amides is 1. The van der Waals surface area contributed by atoms with Crippen LogP contribution in [0.4, 0.5) is 0 Å². The van der Waals surface area contributed by atoms with Gasteiger partial charge in [-0.1, -0.05) is 42.5 Å². The Labute approximate surface area is 155 Å². The Kier molecular flexibility index (Phi) is 6.29. The summed E-state index contributed by atoms with van der Waals surface area (Å²) in [5.41, 5.74) is 3.30. The number of nitrogens with zero attached hydrogens (tertiary/aromatic N) is 1. The van der Waals surface area contributed by atoms with Gasteiger partial charge in [-0.15, -0.1) is 0 Å². The third kappa shape index (κ3) is 4.64. The fourth-order valence-electron chi connectivity index (χ4n) is 3.65. The monoisotopic (exact) mass is 353 g/mol. The first kappa shape index (κ1) is 18.5. The van der Waals surface area contributed by atoms with Gasteiger partial charge < -0.3 is 14.7 Å². The predicted octanol–water partition coefficient (Wildman–Crippen LogP) is 3.21. The molecule has 1 aliphatic heterocycles. The lowest BCUT2D eigenvalue weighted by Gasteiger charge is -2.17. The second-order valence-corrected chi connectivity index (χ2v) is 6.99. The molecule has 2 aromatic rings. The van der Waals surface area contributed by atoms with Gasteiger partial charge in [0.2, 0.25) is 5.91 Å². The minimum Gasteiger partial charge on any atom is -0.496 e. The number of aryl methyl sites for hydroxylation is 1. The fraction of sp³-hybridized carbons (Fsp3) is 0.409. The molecule has 2 aromatic carbocycles. The minimum atomic E-state index is 0.0815. The van der Waals surface area contributed by atoms with E-state index in [1.165, 1.54) is 5.56 Å². The van der Waals surface area contributed by atoms with E-state index in [1.807, 2.05) is 41.3 Å². The van der Waals surface area contributed by atoms with E-state index in [0.29, 0.717) is 18.8 Å². The number of ether oxygens (including phenoxy) is 1. The summed E-state index contributed by atoms with van der Waals surface area (Å²) in [7, 11) is 1.67. The average molecular weight is 353 g/mol. The van der Waals surface area contributed by atoms with Crippen molar-refractivity contribution in [3.63, 3.8) is 0 Å². The number of carbonyl (C=O) groups excluding carboxylic acids is 1. The second-order valence-electron chi connectivity index (χ2n) is 6.99. The van der Waals surface area contributed by atoms with Gasteiger partial charge in [-0.25, -0.2) is 0 Å². The first-order valence-corrected chi connectivity index (χ1v) is 9.28. The van der Waals surface area contributed by atoms with Crippen LogP contribution in [0.2, 0.25) is 0 Å². The van der Waals surface area contributed by atoms with Crippen molar-refractivity contribution in [2.24, 2.45) is 5.92 Å². The molecule has 3 rings (SSSR count). The van der Waals surface area contributed by atoms with Gasteiger partial charge in [0.1, 0.15) is 5.75 Å². The summed E-state index contributed by atoms with van der Waals surface area (Å²) in [4.78, 5) is 14.6. The van der Waals surface area contributed by atoms with Crippen molar-refractivity contribution < 1.29 is 14.6 Å². The van der Waals surface area contributed by atoms with E-state index >= 15 is 0 Å². The van der Waals surface area contributed by atoms with Gasteiger partial charge in [0.15, 0.2) is 0 Å². The lowest BCUT2D eigenvalue weighted by atomic mass is 9.98. The predicted molar refractivity (Wildman–Crippen MR) is 102 cm³/mol. The molecule has 0 aromatic heterocycles. The van der Waals surface area contributed by atoms with E-state index in [4.69, 9.17) is 9.84 Å². The number of methoxy groups -OCH3 is 1. The Morgan fingerprint density at radius 3 is 2.62 bits per heavy atom. The summed E-state index contributed by atoms with van der Waals surface area (Å²) >= 11 is 0. The van der Waals surface area contributed by atoms with Gasteiger partial charge in [-0.05, 0) is 47.9 Å². The third-order valence-corrected chi connectivity index (χ3v) is 5.17. The molecule has 1 N–H and O–H groups in total. The molecule has 1 heterocycles. The summed E-state index contributed by atoms with van der Waals surface area (Å²) in [6, 6.07) is 16.0. The summed E-state index contributed by atoms with van der Waals surface area (Å²) in [6.07, 6.45) is 3.29. The zero-order valence-electron chi connectivity index (χ0n) is 15.4. The molecule has 1 saturated heterocycles. The molecule has 1 aliphatic rings. The van der Waals surface area contributed by atoms with Gasteiger partial charge in [0.05, 0.1) is 13.7 Å². The number of carbonyl (C=O) groups is 1. The van der Waals surface area contributed by atoms with Crippen molar-refractivity contribution in [1.82, 2.24) is 4.90 Å². The van der Waals surface area contributed by atoms with Crippen LogP contribution >= 0.6 is 0 Å². The van der Waals surface area contributed by atoms with E-state index in [1.54, 1.807) is 7.11 Å². The second kappa shape index (κ2) is 8.86. The maximum atomic E-state index is 12.6. The van der Waals surface area contributed by atoms with Crippen LogP contribution in [0.1, 0.15) is 29.5 Å².